The molecule has 0 saturated carbocycles. The highest BCUT2D eigenvalue weighted by Crippen LogP contribution is 2.18. The second-order valence-corrected chi connectivity index (χ2v) is 5.79. The maximum Gasteiger partial charge on any atom is 0.251 e. The summed E-state index contributed by atoms with van der Waals surface area (Å²) in [6, 6.07) is 20.6. The molecule has 0 fully saturated rings. The van der Waals surface area contributed by atoms with Crippen molar-refractivity contribution in [3.63, 3.8) is 0 Å². The van der Waals surface area contributed by atoms with Crippen LogP contribution in [0.3, 0.4) is 0 Å². The van der Waals surface area contributed by atoms with Gasteiger partial charge in [-0.2, -0.15) is 0 Å². The number of benzene rings is 2. The van der Waals surface area contributed by atoms with Crippen molar-refractivity contribution < 1.29 is 4.79 Å². The van der Waals surface area contributed by atoms with E-state index in [1.165, 1.54) is 0 Å². The van der Waals surface area contributed by atoms with E-state index < -0.39 is 0 Å². The molecule has 0 aliphatic heterocycles. The molecule has 0 bridgehead atoms. The molecule has 0 saturated heterocycles. The van der Waals surface area contributed by atoms with E-state index in [2.05, 4.69) is 5.32 Å². The summed E-state index contributed by atoms with van der Waals surface area (Å²) in [7, 11) is 0. The van der Waals surface area contributed by atoms with Crippen LogP contribution in [0.4, 0.5) is 0 Å². The molecule has 0 atom stereocenters. The van der Waals surface area contributed by atoms with Gasteiger partial charge in [0.15, 0.2) is 0 Å². The van der Waals surface area contributed by atoms with Gasteiger partial charge in [-0.25, -0.2) is 0 Å². The van der Waals surface area contributed by atoms with E-state index in [0.29, 0.717) is 18.7 Å². The smallest absolute Gasteiger partial charge is 0.251 e. The molecule has 1 N–H and O–H groups in total. The molecule has 4 heteroatoms. The highest BCUT2D eigenvalue weighted by molar-refractivity contribution is 5.94. The fraction of sp³-hybridized carbons (Fsp3) is 0.143. The monoisotopic (exact) mass is 332 g/mol. The molecular weight excluding hydrogens is 312 g/mol. The Bertz CT molecular complexity index is 913. The van der Waals surface area contributed by atoms with Crippen LogP contribution in [0.2, 0.25) is 0 Å². The van der Waals surface area contributed by atoms with Crippen molar-refractivity contribution in [2.24, 2.45) is 0 Å². The van der Waals surface area contributed by atoms with Gasteiger partial charge in [0.2, 0.25) is 0 Å². The summed E-state index contributed by atoms with van der Waals surface area (Å²) in [5, 5.41) is 2.91. The Morgan fingerprint density at radius 3 is 2.32 bits per heavy atom. The van der Waals surface area contributed by atoms with Gasteiger partial charge in [0, 0.05) is 30.9 Å². The maximum absolute atomic E-state index is 12.2. The minimum atomic E-state index is -0.114. The van der Waals surface area contributed by atoms with E-state index in [4.69, 9.17) is 0 Å². The Kier molecular flexibility index (Phi) is 5.09. The second-order valence-electron chi connectivity index (χ2n) is 5.79. The number of aryl methyl sites for hydroxylation is 1. The molecular formula is C21H20N2O2. The van der Waals surface area contributed by atoms with Gasteiger partial charge >= 0.3 is 0 Å². The average Bonchev–Trinajstić information content (AvgIpc) is 2.67. The van der Waals surface area contributed by atoms with Crippen molar-refractivity contribution >= 4 is 5.91 Å². The molecule has 0 unspecified atom stereocenters. The minimum absolute atomic E-state index is 0.0234. The Balaban J connectivity index is 1.70. The van der Waals surface area contributed by atoms with Gasteiger partial charge in [0.25, 0.3) is 11.5 Å². The van der Waals surface area contributed by atoms with Crippen molar-refractivity contribution in [3.8, 4) is 11.1 Å². The van der Waals surface area contributed by atoms with Crippen molar-refractivity contribution in [1.82, 2.24) is 9.88 Å². The average molecular weight is 332 g/mol. The van der Waals surface area contributed by atoms with Gasteiger partial charge in [-0.3, -0.25) is 9.59 Å². The van der Waals surface area contributed by atoms with Crippen LogP contribution in [0.25, 0.3) is 11.1 Å². The first-order valence-corrected chi connectivity index (χ1v) is 8.30. The van der Waals surface area contributed by atoms with Gasteiger partial charge in [-0.15, -0.1) is 0 Å². The summed E-state index contributed by atoms with van der Waals surface area (Å²) >= 11 is 0. The normalized spacial score (nSPS) is 10.4. The first-order chi connectivity index (χ1) is 12.2. The number of nitrogens with one attached hydrogen (secondary N) is 1. The van der Waals surface area contributed by atoms with E-state index >= 15 is 0 Å². The molecule has 3 aromatic rings. The predicted molar refractivity (Wildman–Crippen MR) is 99.4 cm³/mol. The van der Waals surface area contributed by atoms with Crippen LogP contribution in [0.1, 0.15) is 22.8 Å². The van der Waals surface area contributed by atoms with Gasteiger partial charge in [0.05, 0.1) is 0 Å². The number of rotatable bonds is 5. The number of hydrogen-bond donors (Lipinski definition) is 1. The number of hydrogen-bond acceptors (Lipinski definition) is 2. The molecule has 25 heavy (non-hydrogen) atoms. The lowest BCUT2D eigenvalue weighted by Crippen LogP contribution is -2.22. The fourth-order valence-electron chi connectivity index (χ4n) is 2.64. The quantitative estimate of drug-likeness (QED) is 0.778. The zero-order valence-electron chi connectivity index (χ0n) is 14.1. The molecule has 126 valence electrons. The number of pyridine rings is 1. The fourth-order valence-corrected chi connectivity index (χ4v) is 2.64. The number of carbonyl (C=O) groups excluding carboxylic acids is 1. The van der Waals surface area contributed by atoms with Crippen molar-refractivity contribution in [2.75, 3.05) is 0 Å². The zero-order valence-corrected chi connectivity index (χ0v) is 14.1. The predicted octanol–water partition coefficient (Wildman–Crippen LogP) is 3.47. The summed E-state index contributed by atoms with van der Waals surface area (Å²) in [6.07, 6.45) is 1.79. The van der Waals surface area contributed by atoms with E-state index in [-0.39, 0.29) is 11.5 Å². The third kappa shape index (κ3) is 4.04. The van der Waals surface area contributed by atoms with Gasteiger partial charge in [-0.1, -0.05) is 42.5 Å². The Morgan fingerprint density at radius 2 is 1.68 bits per heavy atom. The number of aromatic nitrogens is 1. The van der Waals surface area contributed by atoms with Crippen LogP contribution in [-0.2, 0) is 13.1 Å². The lowest BCUT2D eigenvalue weighted by atomic mass is 10.0. The summed E-state index contributed by atoms with van der Waals surface area (Å²) in [6.45, 7) is 3.08. The van der Waals surface area contributed by atoms with Gasteiger partial charge in [-0.05, 0) is 41.8 Å². The Hall–Kier alpha value is -3.14. The largest absolute Gasteiger partial charge is 0.348 e. The standard InChI is InChI=1S/C21H20N2O2/c1-2-23-13-12-19(14-20(23)24)17-8-10-18(11-9-17)21(25)22-15-16-6-4-3-5-7-16/h3-14H,2,15H2,1H3,(H,22,25). The lowest BCUT2D eigenvalue weighted by molar-refractivity contribution is 0.0951. The third-order valence-corrected chi connectivity index (χ3v) is 4.11. The van der Waals surface area contributed by atoms with E-state index in [1.54, 1.807) is 29.0 Å². The first kappa shape index (κ1) is 16.7. The topological polar surface area (TPSA) is 51.1 Å². The molecule has 1 aromatic heterocycles. The molecule has 1 heterocycles. The molecule has 0 spiro atoms. The van der Waals surface area contributed by atoms with Gasteiger partial charge in [0.1, 0.15) is 0 Å². The molecule has 0 radical (unpaired) electrons. The van der Waals surface area contributed by atoms with Crippen LogP contribution in [-0.4, -0.2) is 10.5 Å². The second kappa shape index (κ2) is 7.62. The van der Waals surface area contributed by atoms with Crippen LogP contribution >= 0.6 is 0 Å². The van der Waals surface area contributed by atoms with Crippen LogP contribution in [0.15, 0.2) is 77.7 Å². The zero-order chi connectivity index (χ0) is 17.6. The minimum Gasteiger partial charge on any atom is -0.348 e. The molecule has 1 amide bonds. The summed E-state index contributed by atoms with van der Waals surface area (Å²) in [5.41, 5.74) is 3.40. The first-order valence-electron chi connectivity index (χ1n) is 8.30. The van der Waals surface area contributed by atoms with Crippen LogP contribution in [0, 0.1) is 0 Å². The molecule has 2 aromatic carbocycles. The lowest BCUT2D eigenvalue weighted by Gasteiger charge is -2.07. The summed E-state index contributed by atoms with van der Waals surface area (Å²) < 4.78 is 1.65. The molecule has 0 aliphatic carbocycles. The SMILES string of the molecule is CCn1ccc(-c2ccc(C(=O)NCc3ccccc3)cc2)cc1=O. The van der Waals surface area contributed by atoms with E-state index in [9.17, 15) is 9.59 Å². The Morgan fingerprint density at radius 1 is 0.960 bits per heavy atom. The maximum atomic E-state index is 12.2. The summed E-state index contributed by atoms with van der Waals surface area (Å²) in [4.78, 5) is 24.2. The Labute approximate surface area is 146 Å². The highest BCUT2D eigenvalue weighted by atomic mass is 16.1. The summed E-state index contributed by atoms with van der Waals surface area (Å²) in [5.74, 6) is -0.114. The number of nitrogens with zero attached hydrogens (tertiary/aromatic N) is 1. The number of amides is 1. The van der Waals surface area contributed by atoms with Gasteiger partial charge < -0.3 is 9.88 Å². The van der Waals surface area contributed by atoms with Crippen molar-refractivity contribution in [3.05, 3.63) is 94.4 Å². The van der Waals surface area contributed by atoms with Crippen molar-refractivity contribution in [1.29, 1.82) is 0 Å². The van der Waals surface area contributed by atoms with Crippen molar-refractivity contribution in [2.45, 2.75) is 20.0 Å². The van der Waals surface area contributed by atoms with Crippen LogP contribution < -0.4 is 10.9 Å². The molecule has 0 aliphatic rings. The third-order valence-electron chi connectivity index (χ3n) is 4.11. The van der Waals surface area contributed by atoms with E-state index in [0.717, 1.165) is 16.7 Å². The molecule has 4 nitrogen and oxygen atoms in total. The number of carbonyl (C=O) groups is 1. The molecule has 3 rings (SSSR count). The van der Waals surface area contributed by atoms with Crippen LogP contribution in [0.5, 0.6) is 0 Å². The highest BCUT2D eigenvalue weighted by Gasteiger charge is 2.06. The van der Waals surface area contributed by atoms with E-state index in [1.807, 2.05) is 55.5 Å².